The molecule has 0 saturated heterocycles. The van der Waals surface area contributed by atoms with Crippen LogP contribution in [0.2, 0.25) is 0 Å². The minimum Gasteiger partial charge on any atom is -0.364 e. The lowest BCUT2D eigenvalue weighted by Crippen LogP contribution is -2.38. The van der Waals surface area contributed by atoms with Crippen LogP contribution in [0.25, 0.3) is 0 Å². The molecule has 4 heteroatoms. The predicted octanol–water partition coefficient (Wildman–Crippen LogP) is 1.91. The molecule has 1 amide bonds. The molecular weight excluding hydrogens is 228 g/mol. The van der Waals surface area contributed by atoms with Crippen LogP contribution in [0.1, 0.15) is 26.2 Å². The van der Waals surface area contributed by atoms with E-state index in [2.05, 4.69) is 5.32 Å². The third-order valence-electron chi connectivity index (χ3n) is 3.29. The number of amides is 1. The summed E-state index contributed by atoms with van der Waals surface area (Å²) in [7, 11) is 0. The van der Waals surface area contributed by atoms with Crippen molar-refractivity contribution in [3.05, 3.63) is 30.3 Å². The van der Waals surface area contributed by atoms with E-state index >= 15 is 0 Å². The Labute approximate surface area is 108 Å². The Hall–Kier alpha value is -1.39. The number of nitrogens with one attached hydrogen (secondary N) is 1. The van der Waals surface area contributed by atoms with Gasteiger partial charge in [-0.05, 0) is 38.3 Å². The first-order valence-corrected chi connectivity index (χ1v) is 6.44. The van der Waals surface area contributed by atoms with Crippen LogP contribution in [0.4, 0.5) is 5.69 Å². The number of anilines is 1. The summed E-state index contributed by atoms with van der Waals surface area (Å²) in [6.45, 7) is 1.77. The molecule has 1 aliphatic rings. The Morgan fingerprint density at radius 3 is 2.72 bits per heavy atom. The first-order chi connectivity index (χ1) is 8.66. The Balaban J connectivity index is 1.85. The topological polar surface area (TPSA) is 64.3 Å². The molecule has 4 nitrogen and oxygen atoms in total. The number of hydrogen-bond donors (Lipinski definition) is 2. The van der Waals surface area contributed by atoms with Crippen molar-refractivity contribution in [3.63, 3.8) is 0 Å². The van der Waals surface area contributed by atoms with E-state index in [1.807, 2.05) is 30.3 Å². The summed E-state index contributed by atoms with van der Waals surface area (Å²) in [6.07, 6.45) is 2.56. The van der Waals surface area contributed by atoms with Gasteiger partial charge in [-0.3, -0.25) is 4.79 Å². The Kier molecular flexibility index (Phi) is 4.33. The molecule has 0 aliphatic heterocycles. The summed E-state index contributed by atoms with van der Waals surface area (Å²) in [4.78, 5) is 11.9. The fourth-order valence-electron chi connectivity index (χ4n) is 2.21. The maximum Gasteiger partial charge on any atom is 0.253 e. The van der Waals surface area contributed by atoms with Crippen LogP contribution in [-0.4, -0.2) is 24.2 Å². The molecule has 1 fully saturated rings. The minimum absolute atomic E-state index is 0.0153. The van der Waals surface area contributed by atoms with Gasteiger partial charge in [-0.15, -0.1) is 0 Å². The van der Waals surface area contributed by atoms with Gasteiger partial charge in [-0.25, -0.2) is 0 Å². The zero-order chi connectivity index (χ0) is 13.0. The molecule has 3 atom stereocenters. The molecule has 0 bridgehead atoms. The third-order valence-corrected chi connectivity index (χ3v) is 3.29. The Morgan fingerprint density at radius 1 is 1.39 bits per heavy atom. The number of carbonyl (C=O) groups excluding carboxylic acids is 1. The molecule has 98 valence electrons. The molecule has 0 aromatic heterocycles. The van der Waals surface area contributed by atoms with E-state index in [1.54, 1.807) is 6.92 Å². The summed E-state index contributed by atoms with van der Waals surface area (Å²) in [5.41, 5.74) is 6.71. The largest absolute Gasteiger partial charge is 0.364 e. The molecule has 0 spiro atoms. The molecule has 0 radical (unpaired) electrons. The van der Waals surface area contributed by atoms with E-state index < -0.39 is 6.10 Å². The van der Waals surface area contributed by atoms with Gasteiger partial charge >= 0.3 is 0 Å². The van der Waals surface area contributed by atoms with E-state index in [9.17, 15) is 4.79 Å². The van der Waals surface area contributed by atoms with Crippen LogP contribution in [0.15, 0.2) is 30.3 Å². The normalized spacial score (nSPS) is 24.8. The highest BCUT2D eigenvalue weighted by molar-refractivity contribution is 5.93. The molecule has 3 N–H and O–H groups in total. The van der Waals surface area contributed by atoms with Crippen molar-refractivity contribution in [3.8, 4) is 0 Å². The number of nitrogens with two attached hydrogens (primary N) is 1. The highest BCUT2D eigenvalue weighted by atomic mass is 16.5. The van der Waals surface area contributed by atoms with E-state index in [4.69, 9.17) is 10.5 Å². The minimum atomic E-state index is -0.473. The molecule has 1 aromatic carbocycles. The van der Waals surface area contributed by atoms with Gasteiger partial charge in [0.2, 0.25) is 0 Å². The number of ether oxygens (including phenoxy) is 1. The van der Waals surface area contributed by atoms with E-state index in [-0.39, 0.29) is 18.1 Å². The van der Waals surface area contributed by atoms with Crippen LogP contribution in [0.5, 0.6) is 0 Å². The van der Waals surface area contributed by atoms with Crippen molar-refractivity contribution in [2.24, 2.45) is 5.73 Å². The second kappa shape index (κ2) is 5.98. The lowest BCUT2D eigenvalue weighted by atomic mass is 10.2. The highest BCUT2D eigenvalue weighted by Gasteiger charge is 2.28. The highest BCUT2D eigenvalue weighted by Crippen LogP contribution is 2.21. The van der Waals surface area contributed by atoms with Gasteiger partial charge in [0.05, 0.1) is 6.10 Å². The van der Waals surface area contributed by atoms with Gasteiger partial charge in [0, 0.05) is 11.7 Å². The third kappa shape index (κ3) is 3.31. The average molecular weight is 248 g/mol. The molecule has 2 rings (SSSR count). The quantitative estimate of drug-likeness (QED) is 0.855. The maximum absolute atomic E-state index is 11.9. The number of benzene rings is 1. The number of hydrogen-bond acceptors (Lipinski definition) is 3. The maximum atomic E-state index is 11.9. The lowest BCUT2D eigenvalue weighted by Gasteiger charge is -2.21. The monoisotopic (exact) mass is 248 g/mol. The zero-order valence-electron chi connectivity index (χ0n) is 10.6. The van der Waals surface area contributed by atoms with Crippen molar-refractivity contribution >= 4 is 11.6 Å². The van der Waals surface area contributed by atoms with Gasteiger partial charge in [0.25, 0.3) is 5.91 Å². The van der Waals surface area contributed by atoms with Crippen LogP contribution < -0.4 is 11.1 Å². The SMILES string of the molecule is CC(OC1CCCC1N)C(=O)Nc1ccccc1. The summed E-state index contributed by atoms with van der Waals surface area (Å²) >= 11 is 0. The zero-order valence-corrected chi connectivity index (χ0v) is 10.6. The fourth-order valence-corrected chi connectivity index (χ4v) is 2.21. The van der Waals surface area contributed by atoms with Gasteiger partial charge in [-0.2, -0.15) is 0 Å². The predicted molar refractivity (Wildman–Crippen MR) is 71.2 cm³/mol. The van der Waals surface area contributed by atoms with Crippen molar-refractivity contribution in [1.29, 1.82) is 0 Å². The molecule has 1 aromatic rings. The number of para-hydroxylation sites is 1. The Bertz CT molecular complexity index is 394. The summed E-state index contributed by atoms with van der Waals surface area (Å²) in [5.74, 6) is -0.125. The fraction of sp³-hybridized carbons (Fsp3) is 0.500. The summed E-state index contributed by atoms with van der Waals surface area (Å²) in [6, 6.07) is 9.45. The van der Waals surface area contributed by atoms with E-state index in [0.717, 1.165) is 24.9 Å². The first-order valence-electron chi connectivity index (χ1n) is 6.44. The van der Waals surface area contributed by atoms with Crippen LogP contribution in [-0.2, 0) is 9.53 Å². The molecule has 3 unspecified atom stereocenters. The van der Waals surface area contributed by atoms with Crippen molar-refractivity contribution in [2.45, 2.75) is 44.4 Å². The average Bonchev–Trinajstić information content (AvgIpc) is 2.76. The summed E-state index contributed by atoms with van der Waals surface area (Å²) < 4.78 is 5.72. The molecule has 18 heavy (non-hydrogen) atoms. The smallest absolute Gasteiger partial charge is 0.253 e. The van der Waals surface area contributed by atoms with Crippen LogP contribution in [0, 0.1) is 0 Å². The molecule has 1 saturated carbocycles. The van der Waals surface area contributed by atoms with Crippen LogP contribution >= 0.6 is 0 Å². The van der Waals surface area contributed by atoms with Gasteiger partial charge < -0.3 is 15.8 Å². The van der Waals surface area contributed by atoms with E-state index in [1.165, 1.54) is 0 Å². The number of carbonyl (C=O) groups is 1. The second-order valence-electron chi connectivity index (χ2n) is 4.77. The Morgan fingerprint density at radius 2 is 2.11 bits per heavy atom. The lowest BCUT2D eigenvalue weighted by molar-refractivity contribution is -0.130. The van der Waals surface area contributed by atoms with Crippen molar-refractivity contribution < 1.29 is 9.53 Å². The molecule has 1 aliphatic carbocycles. The van der Waals surface area contributed by atoms with Gasteiger partial charge in [0.1, 0.15) is 6.10 Å². The van der Waals surface area contributed by atoms with Gasteiger partial charge in [-0.1, -0.05) is 18.2 Å². The number of rotatable bonds is 4. The first kappa shape index (κ1) is 13.1. The van der Waals surface area contributed by atoms with Crippen molar-refractivity contribution in [1.82, 2.24) is 0 Å². The van der Waals surface area contributed by atoms with E-state index in [0.29, 0.717) is 0 Å². The van der Waals surface area contributed by atoms with Gasteiger partial charge in [0.15, 0.2) is 0 Å². The summed E-state index contributed by atoms with van der Waals surface area (Å²) in [5, 5.41) is 2.83. The van der Waals surface area contributed by atoms with Crippen molar-refractivity contribution in [2.75, 3.05) is 5.32 Å². The van der Waals surface area contributed by atoms with Crippen LogP contribution in [0.3, 0.4) is 0 Å². The molecular formula is C14H20N2O2. The molecule has 0 heterocycles. The standard InChI is InChI=1S/C14H20N2O2/c1-10(18-13-9-5-8-12(13)15)14(17)16-11-6-3-2-4-7-11/h2-4,6-7,10,12-13H,5,8-9,15H2,1H3,(H,16,17). The second-order valence-corrected chi connectivity index (χ2v) is 4.77.